The van der Waals surface area contributed by atoms with E-state index < -0.39 is 31.3 Å². The first-order valence-corrected chi connectivity index (χ1v) is 22.7. The molecule has 0 saturated heterocycles. The summed E-state index contributed by atoms with van der Waals surface area (Å²) in [5.74, 6) is 0. The average Bonchev–Trinajstić information content (AvgIpc) is 3.86. The molecule has 2 aliphatic rings. The molecule has 0 aromatic heterocycles. The Kier molecular flexibility index (Phi) is 28.3. The molecule has 2 aliphatic carbocycles. The van der Waals surface area contributed by atoms with Crippen molar-refractivity contribution in [1.29, 1.82) is 5.26 Å². The predicted octanol–water partition coefficient (Wildman–Crippen LogP) is 8.61. The third kappa shape index (κ3) is 20.4. The molecular formula is C38H45F6FeNO7P2PdS2+2. The average molecular weight is 1030 g/mol. The minimum absolute atomic E-state index is 0. The second-order valence-corrected chi connectivity index (χ2v) is 19.9. The van der Waals surface area contributed by atoms with Crippen molar-refractivity contribution in [3.05, 3.63) is 121 Å². The first kappa shape index (κ1) is 57.9. The third-order valence-corrected chi connectivity index (χ3v) is 15.2. The summed E-state index contributed by atoms with van der Waals surface area (Å²) in [5.41, 5.74) is -9.28. The Hall–Kier alpha value is -2.23. The monoisotopic (exact) mass is 1030 g/mol. The van der Waals surface area contributed by atoms with Gasteiger partial charge in [0, 0.05) is 27.3 Å². The number of rotatable bonds is 6. The van der Waals surface area contributed by atoms with Crippen LogP contribution in [0.15, 0.2) is 121 Å². The molecule has 4 aromatic rings. The summed E-state index contributed by atoms with van der Waals surface area (Å²) >= 11 is 0. The first-order valence-electron chi connectivity index (χ1n) is 17.0. The van der Waals surface area contributed by atoms with Gasteiger partial charge in [0.25, 0.3) is 0 Å². The Balaban J connectivity index is 0. The Morgan fingerprint density at radius 1 is 0.534 bits per heavy atom. The molecule has 58 heavy (non-hydrogen) atoms. The van der Waals surface area contributed by atoms with Gasteiger partial charge in [0.1, 0.15) is 0 Å². The van der Waals surface area contributed by atoms with E-state index in [4.69, 9.17) is 31.2 Å². The van der Waals surface area contributed by atoms with Gasteiger partial charge in [0.2, 0.25) is 0 Å². The fourth-order valence-electron chi connectivity index (χ4n) is 5.82. The van der Waals surface area contributed by atoms with E-state index in [-0.39, 0.29) is 58.8 Å². The molecule has 0 atom stereocenters. The SMILES string of the molecule is CC#N.O.O=S(=O)(O)C(F)(F)F.O=S(=O)(O)C(F)(F)F.[Fe+2].[Pd].c1ccc(P(c2ccccc2)C2CCCC2)cc1.c1ccc(P(c2ccccc2)C2CCCC2)cc1. The zero-order valence-electron chi connectivity index (χ0n) is 31.0. The third-order valence-electron chi connectivity index (χ3n) is 8.10. The molecule has 2 saturated carbocycles. The van der Waals surface area contributed by atoms with E-state index >= 15 is 0 Å². The quantitative estimate of drug-likeness (QED) is 0.0642. The number of nitrogens with zero attached hydrogens (tertiary/aromatic N) is 1. The van der Waals surface area contributed by atoms with E-state index in [2.05, 4.69) is 121 Å². The van der Waals surface area contributed by atoms with Crippen LogP contribution in [-0.4, -0.2) is 53.8 Å². The Morgan fingerprint density at radius 2 is 0.690 bits per heavy atom. The fraction of sp³-hybridized carbons (Fsp3) is 0.342. The Morgan fingerprint density at radius 3 is 0.828 bits per heavy atom. The van der Waals surface area contributed by atoms with Crippen molar-refractivity contribution in [1.82, 2.24) is 0 Å². The fourth-order valence-corrected chi connectivity index (χ4v) is 11.8. The minimum Gasteiger partial charge on any atom is -0.412 e. The van der Waals surface area contributed by atoms with Gasteiger partial charge in [-0.3, -0.25) is 9.11 Å². The summed E-state index contributed by atoms with van der Waals surface area (Å²) in [4.78, 5) is 0. The van der Waals surface area contributed by atoms with E-state index in [1.165, 1.54) is 58.3 Å². The molecule has 0 bridgehead atoms. The standard InChI is InChI=1S/2C17H19P.C2H3N.2CHF3O3S.Fe.H2O.Pd/c2*1-3-9-15(10-4-1)18(17-13-7-8-14-17)16-11-5-2-6-12-16;1-2-3;2*2-1(3,4)8(5,6)7;;;/h2*1-6,9-12,17H,7-8,13-14H2;1H3;2*(H,5,6,7);;1H2;/q;;;;;+2;;. The number of alkyl halides is 6. The van der Waals surface area contributed by atoms with Gasteiger partial charge >= 0.3 is 48.3 Å². The van der Waals surface area contributed by atoms with Crippen molar-refractivity contribution in [3.63, 3.8) is 0 Å². The van der Waals surface area contributed by atoms with Crippen LogP contribution in [0.3, 0.4) is 0 Å². The van der Waals surface area contributed by atoms with Crippen molar-refractivity contribution in [2.45, 2.75) is 80.6 Å². The second kappa shape index (κ2) is 28.3. The second-order valence-electron chi connectivity index (χ2n) is 12.0. The van der Waals surface area contributed by atoms with Crippen molar-refractivity contribution in [2.24, 2.45) is 0 Å². The zero-order valence-corrected chi connectivity index (χ0v) is 37.1. The van der Waals surface area contributed by atoms with E-state index in [1.807, 2.05) is 0 Å². The largest absolute Gasteiger partial charge is 2.00 e. The van der Waals surface area contributed by atoms with Crippen LogP contribution in [0.2, 0.25) is 0 Å². The van der Waals surface area contributed by atoms with Crippen LogP contribution in [0.25, 0.3) is 0 Å². The maximum absolute atomic E-state index is 10.7. The summed E-state index contributed by atoms with van der Waals surface area (Å²) in [5, 5.41) is 13.5. The molecule has 20 heteroatoms. The topological polar surface area (TPSA) is 164 Å². The zero-order chi connectivity index (χ0) is 41.1. The molecule has 6 rings (SSSR count). The molecule has 0 heterocycles. The Labute approximate surface area is 363 Å². The van der Waals surface area contributed by atoms with Crippen molar-refractivity contribution in [2.75, 3.05) is 0 Å². The molecular weight excluding hydrogens is 985 g/mol. The summed E-state index contributed by atoms with van der Waals surface area (Å²) in [6.45, 7) is 1.43. The van der Waals surface area contributed by atoms with Crippen LogP contribution >= 0.6 is 15.8 Å². The van der Waals surface area contributed by atoms with Crippen LogP contribution < -0.4 is 21.2 Å². The minimum atomic E-state index is -5.84. The molecule has 4 N–H and O–H groups in total. The van der Waals surface area contributed by atoms with Gasteiger partial charge in [-0.05, 0) is 74.1 Å². The molecule has 2 fully saturated rings. The van der Waals surface area contributed by atoms with Crippen LogP contribution in [0, 0.1) is 11.3 Å². The van der Waals surface area contributed by atoms with E-state index in [0.29, 0.717) is 0 Å². The predicted molar refractivity (Wildman–Crippen MR) is 213 cm³/mol. The number of halogens is 6. The van der Waals surface area contributed by atoms with E-state index in [9.17, 15) is 26.3 Å². The van der Waals surface area contributed by atoms with Crippen LogP contribution in [0.1, 0.15) is 58.3 Å². The normalized spacial score (nSPS) is 14.1. The molecule has 8 nitrogen and oxygen atoms in total. The van der Waals surface area contributed by atoms with Gasteiger partial charge in [-0.25, -0.2) is 0 Å². The molecule has 324 valence electrons. The number of nitriles is 1. The maximum Gasteiger partial charge on any atom is 2.00 e. The summed E-state index contributed by atoms with van der Waals surface area (Å²) in [6, 6.07) is 46.2. The van der Waals surface area contributed by atoms with E-state index in [1.54, 1.807) is 27.3 Å². The molecule has 0 amide bonds. The van der Waals surface area contributed by atoms with Crippen molar-refractivity contribution in [3.8, 4) is 6.07 Å². The first-order chi connectivity index (χ1) is 25.8. The van der Waals surface area contributed by atoms with Crippen LogP contribution in [0.4, 0.5) is 26.3 Å². The number of benzene rings is 4. The molecule has 4 aromatic carbocycles. The summed E-state index contributed by atoms with van der Waals surface area (Å²) < 4.78 is 115. The molecule has 0 spiro atoms. The number of hydrogen-bond donors (Lipinski definition) is 2. The van der Waals surface area contributed by atoms with Gasteiger partial charge in [-0.1, -0.05) is 147 Å². The molecule has 0 unspecified atom stereocenters. The van der Waals surface area contributed by atoms with Crippen LogP contribution in [-0.2, 0) is 57.7 Å². The summed E-state index contributed by atoms with van der Waals surface area (Å²) in [6.07, 6.45) is 11.3. The van der Waals surface area contributed by atoms with Gasteiger partial charge < -0.3 is 5.48 Å². The molecule has 0 radical (unpaired) electrons. The number of hydrogen-bond acceptors (Lipinski definition) is 5. The van der Waals surface area contributed by atoms with Crippen molar-refractivity contribution < 1.29 is 95.3 Å². The summed E-state index contributed by atoms with van der Waals surface area (Å²) in [7, 11) is -12.0. The van der Waals surface area contributed by atoms with Gasteiger partial charge in [-0.2, -0.15) is 48.4 Å². The van der Waals surface area contributed by atoms with Gasteiger partial charge in [-0.15, -0.1) is 0 Å². The maximum atomic E-state index is 10.7. The van der Waals surface area contributed by atoms with Crippen molar-refractivity contribution >= 4 is 57.3 Å². The van der Waals surface area contributed by atoms with E-state index in [0.717, 1.165) is 11.3 Å². The Bertz CT molecular complexity index is 1730. The van der Waals surface area contributed by atoms with Crippen LogP contribution in [0.5, 0.6) is 0 Å². The molecule has 0 aliphatic heterocycles. The van der Waals surface area contributed by atoms with Gasteiger partial charge in [0.05, 0.1) is 6.07 Å². The smallest absolute Gasteiger partial charge is 0.412 e. The van der Waals surface area contributed by atoms with Gasteiger partial charge in [0.15, 0.2) is 0 Å².